The Kier molecular flexibility index (Phi) is 4.77. The third kappa shape index (κ3) is 3.85. The Morgan fingerprint density at radius 2 is 2.05 bits per heavy atom. The highest BCUT2D eigenvalue weighted by Gasteiger charge is 2.19. The molecule has 1 rings (SSSR count). The lowest BCUT2D eigenvalue weighted by Crippen LogP contribution is -2.34. The number of nitrogens with one attached hydrogen (secondary N) is 2. The predicted molar refractivity (Wildman–Crippen MR) is 75.3 cm³/mol. The molecular weight excluding hydrogens is 248 g/mol. The molecule has 0 atom stereocenters. The number of aromatic amines is 1. The Morgan fingerprint density at radius 1 is 1.42 bits per heavy atom. The number of nitrogens with zero attached hydrogens (tertiary/aromatic N) is 1. The summed E-state index contributed by atoms with van der Waals surface area (Å²) in [5.74, 6) is 0.117. The number of H-pyrrole nitrogens is 1. The van der Waals surface area contributed by atoms with Crippen LogP contribution < -0.4 is 22.3 Å². The van der Waals surface area contributed by atoms with Gasteiger partial charge in [0.05, 0.1) is 0 Å². The van der Waals surface area contributed by atoms with Crippen LogP contribution in [0.1, 0.15) is 26.7 Å². The van der Waals surface area contributed by atoms with E-state index in [-0.39, 0.29) is 23.5 Å². The molecule has 0 aliphatic rings. The highest BCUT2D eigenvalue weighted by molar-refractivity contribution is 5.60. The van der Waals surface area contributed by atoms with E-state index in [2.05, 4.69) is 10.3 Å². The Labute approximate surface area is 111 Å². The highest BCUT2D eigenvalue weighted by Crippen LogP contribution is 2.23. The van der Waals surface area contributed by atoms with Crippen LogP contribution in [0.3, 0.4) is 0 Å². The van der Waals surface area contributed by atoms with Crippen LogP contribution in [-0.4, -0.2) is 27.8 Å². The molecule has 0 unspecified atom stereocenters. The molecule has 0 bridgehead atoms. The van der Waals surface area contributed by atoms with E-state index in [9.17, 15) is 9.59 Å². The second-order valence-electron chi connectivity index (χ2n) is 5.42. The second-order valence-corrected chi connectivity index (χ2v) is 5.42. The van der Waals surface area contributed by atoms with Crippen molar-refractivity contribution >= 4 is 11.5 Å². The van der Waals surface area contributed by atoms with E-state index in [0.29, 0.717) is 13.0 Å². The van der Waals surface area contributed by atoms with Crippen LogP contribution in [0.5, 0.6) is 0 Å². The van der Waals surface area contributed by atoms with E-state index in [4.69, 9.17) is 10.8 Å². The van der Waals surface area contributed by atoms with E-state index in [1.54, 1.807) is 0 Å². The molecule has 0 aliphatic carbocycles. The van der Waals surface area contributed by atoms with Crippen molar-refractivity contribution < 1.29 is 5.11 Å². The minimum atomic E-state index is -0.535. The van der Waals surface area contributed by atoms with Gasteiger partial charge in [-0.1, -0.05) is 13.8 Å². The van der Waals surface area contributed by atoms with Crippen LogP contribution >= 0.6 is 0 Å². The lowest BCUT2D eigenvalue weighted by atomic mass is 9.88. The van der Waals surface area contributed by atoms with Crippen molar-refractivity contribution in [3.05, 3.63) is 20.8 Å². The van der Waals surface area contributed by atoms with Gasteiger partial charge >= 0.3 is 5.69 Å². The molecule has 7 nitrogen and oxygen atoms in total. The van der Waals surface area contributed by atoms with Gasteiger partial charge < -0.3 is 16.2 Å². The number of hydrogen-bond donors (Lipinski definition) is 4. The topological polar surface area (TPSA) is 113 Å². The van der Waals surface area contributed by atoms with Gasteiger partial charge in [-0.05, 0) is 18.3 Å². The minimum absolute atomic E-state index is 0.0870. The van der Waals surface area contributed by atoms with Crippen molar-refractivity contribution in [3.8, 4) is 0 Å². The summed E-state index contributed by atoms with van der Waals surface area (Å²) in [6, 6.07) is 0. The molecule has 1 aromatic heterocycles. The first kappa shape index (κ1) is 15.3. The Hall–Kier alpha value is -1.76. The molecule has 0 saturated heterocycles. The fourth-order valence-corrected chi connectivity index (χ4v) is 1.78. The van der Waals surface area contributed by atoms with Crippen LogP contribution in [0.15, 0.2) is 9.59 Å². The normalized spacial score (nSPS) is 11.6. The molecule has 1 heterocycles. The molecule has 108 valence electrons. The molecule has 0 amide bonds. The van der Waals surface area contributed by atoms with Crippen molar-refractivity contribution in [2.24, 2.45) is 12.5 Å². The highest BCUT2D eigenvalue weighted by atomic mass is 16.3. The van der Waals surface area contributed by atoms with E-state index >= 15 is 0 Å². The molecule has 0 fully saturated rings. The lowest BCUT2D eigenvalue weighted by Gasteiger charge is -2.25. The number of hydrogen-bond acceptors (Lipinski definition) is 5. The SMILES string of the molecule is Cn1c(N)c(NCC(C)(C)CCCO)c(=O)[nH]c1=O. The summed E-state index contributed by atoms with van der Waals surface area (Å²) in [5, 5.41) is 11.8. The van der Waals surface area contributed by atoms with Crippen molar-refractivity contribution in [2.75, 3.05) is 24.2 Å². The zero-order chi connectivity index (χ0) is 14.6. The van der Waals surface area contributed by atoms with Gasteiger partial charge in [0.25, 0.3) is 5.56 Å². The molecule has 0 spiro atoms. The first-order valence-electron chi connectivity index (χ1n) is 6.22. The maximum Gasteiger partial charge on any atom is 0.329 e. The lowest BCUT2D eigenvalue weighted by molar-refractivity contribution is 0.248. The molecule has 0 aliphatic heterocycles. The van der Waals surface area contributed by atoms with Crippen molar-refractivity contribution in [1.82, 2.24) is 9.55 Å². The van der Waals surface area contributed by atoms with Gasteiger partial charge in [-0.15, -0.1) is 0 Å². The van der Waals surface area contributed by atoms with Gasteiger partial charge in [-0.25, -0.2) is 4.79 Å². The average Bonchev–Trinajstić information content (AvgIpc) is 2.33. The number of anilines is 2. The second kappa shape index (κ2) is 5.92. The number of rotatable bonds is 6. The largest absolute Gasteiger partial charge is 0.396 e. The van der Waals surface area contributed by atoms with Gasteiger partial charge in [0, 0.05) is 20.2 Å². The van der Waals surface area contributed by atoms with E-state index in [1.165, 1.54) is 11.6 Å². The molecule has 0 radical (unpaired) electrons. The minimum Gasteiger partial charge on any atom is -0.396 e. The maximum atomic E-state index is 11.7. The molecule has 7 heteroatoms. The Morgan fingerprint density at radius 3 is 2.63 bits per heavy atom. The first-order chi connectivity index (χ1) is 8.78. The molecule has 19 heavy (non-hydrogen) atoms. The third-order valence-corrected chi connectivity index (χ3v) is 3.13. The summed E-state index contributed by atoms with van der Waals surface area (Å²) in [6.07, 6.45) is 1.52. The number of nitrogen functional groups attached to an aromatic ring is 1. The monoisotopic (exact) mass is 270 g/mol. The summed E-state index contributed by atoms with van der Waals surface area (Å²) >= 11 is 0. The third-order valence-electron chi connectivity index (χ3n) is 3.13. The van der Waals surface area contributed by atoms with Gasteiger partial charge in [-0.3, -0.25) is 14.3 Å². The number of aliphatic hydroxyl groups is 1. The molecule has 0 saturated carbocycles. The summed E-state index contributed by atoms with van der Waals surface area (Å²) < 4.78 is 1.18. The Balaban J connectivity index is 2.87. The molecule has 5 N–H and O–H groups in total. The van der Waals surface area contributed by atoms with Gasteiger partial charge in [-0.2, -0.15) is 0 Å². The summed E-state index contributed by atoms with van der Waals surface area (Å²) in [6.45, 7) is 4.73. The van der Waals surface area contributed by atoms with Crippen LogP contribution in [0.4, 0.5) is 11.5 Å². The van der Waals surface area contributed by atoms with Crippen LogP contribution in [0.25, 0.3) is 0 Å². The summed E-state index contributed by atoms with van der Waals surface area (Å²) in [4.78, 5) is 25.2. The van der Waals surface area contributed by atoms with E-state index in [1.807, 2.05) is 13.8 Å². The number of aromatic nitrogens is 2. The maximum absolute atomic E-state index is 11.7. The number of aliphatic hydroxyl groups excluding tert-OH is 1. The van der Waals surface area contributed by atoms with E-state index < -0.39 is 11.2 Å². The fraction of sp³-hybridized carbons (Fsp3) is 0.667. The Bertz CT molecular complexity index is 545. The van der Waals surface area contributed by atoms with Crippen LogP contribution in [0.2, 0.25) is 0 Å². The van der Waals surface area contributed by atoms with Crippen LogP contribution in [-0.2, 0) is 7.05 Å². The summed E-state index contributed by atoms with van der Waals surface area (Å²) in [7, 11) is 1.50. The van der Waals surface area contributed by atoms with E-state index in [0.717, 1.165) is 6.42 Å². The standard InChI is InChI=1S/C12H22N4O3/c1-12(2,5-4-6-17)7-14-8-9(13)16(3)11(19)15-10(8)18/h14,17H,4-7,13H2,1-3H3,(H,15,18,19). The van der Waals surface area contributed by atoms with Gasteiger partial charge in [0.2, 0.25) is 0 Å². The average molecular weight is 270 g/mol. The molecule has 1 aromatic rings. The van der Waals surface area contributed by atoms with Gasteiger partial charge in [0.15, 0.2) is 0 Å². The zero-order valence-corrected chi connectivity index (χ0v) is 11.6. The van der Waals surface area contributed by atoms with Crippen molar-refractivity contribution in [1.29, 1.82) is 0 Å². The number of nitrogens with two attached hydrogens (primary N) is 1. The first-order valence-corrected chi connectivity index (χ1v) is 6.22. The molecular formula is C12H22N4O3. The summed E-state index contributed by atoms with van der Waals surface area (Å²) in [5.41, 5.74) is 4.82. The zero-order valence-electron chi connectivity index (χ0n) is 11.6. The van der Waals surface area contributed by atoms with Crippen molar-refractivity contribution in [2.45, 2.75) is 26.7 Å². The molecule has 0 aromatic carbocycles. The predicted octanol–water partition coefficient (Wildman–Crippen LogP) is -0.134. The quantitative estimate of drug-likeness (QED) is 0.575. The van der Waals surface area contributed by atoms with Crippen molar-refractivity contribution in [3.63, 3.8) is 0 Å². The smallest absolute Gasteiger partial charge is 0.329 e. The van der Waals surface area contributed by atoms with Gasteiger partial charge in [0.1, 0.15) is 11.5 Å². The van der Waals surface area contributed by atoms with Crippen LogP contribution in [0, 0.1) is 5.41 Å². The fourth-order valence-electron chi connectivity index (χ4n) is 1.78.